The number of para-hydroxylation sites is 1. The van der Waals surface area contributed by atoms with Crippen molar-refractivity contribution >= 4 is 44.8 Å². The third-order valence-corrected chi connectivity index (χ3v) is 7.03. The van der Waals surface area contributed by atoms with Crippen molar-refractivity contribution in [3.8, 4) is 5.13 Å². The van der Waals surface area contributed by atoms with Crippen molar-refractivity contribution in [2.75, 3.05) is 4.90 Å². The van der Waals surface area contributed by atoms with Gasteiger partial charge in [0, 0.05) is 17.7 Å². The average Bonchev–Trinajstić information content (AvgIpc) is 3.47. The quantitative estimate of drug-likeness (QED) is 0.336. The van der Waals surface area contributed by atoms with Crippen LogP contribution in [-0.2, 0) is 16.0 Å². The van der Waals surface area contributed by atoms with E-state index in [2.05, 4.69) is 10.1 Å². The van der Waals surface area contributed by atoms with Gasteiger partial charge >= 0.3 is 0 Å². The van der Waals surface area contributed by atoms with Gasteiger partial charge in [-0.3, -0.25) is 29.2 Å². The van der Waals surface area contributed by atoms with Crippen LogP contribution in [0.25, 0.3) is 15.3 Å². The van der Waals surface area contributed by atoms with Gasteiger partial charge in [-0.05, 0) is 49.7 Å². The number of aromatic amines is 1. The first kappa shape index (κ1) is 22.0. The van der Waals surface area contributed by atoms with Crippen LogP contribution in [0.5, 0.6) is 0 Å². The van der Waals surface area contributed by atoms with E-state index in [4.69, 9.17) is 0 Å². The maximum atomic E-state index is 13.5. The summed E-state index contributed by atoms with van der Waals surface area (Å²) in [6, 6.07) is 14.0. The fourth-order valence-electron chi connectivity index (χ4n) is 4.36. The molecule has 0 spiro atoms. The minimum atomic E-state index is -0.874. The number of anilines is 1. The van der Waals surface area contributed by atoms with E-state index in [1.54, 1.807) is 24.3 Å². The largest absolute Gasteiger partial charge is 0.295 e. The number of H-pyrrole nitrogens is 1. The molecule has 2 aromatic heterocycles. The Balaban J connectivity index is 1.55. The molecule has 1 aliphatic rings. The van der Waals surface area contributed by atoms with Gasteiger partial charge in [0.05, 0.1) is 27.4 Å². The molecule has 0 aliphatic carbocycles. The Morgan fingerprint density at radius 1 is 1.12 bits per heavy atom. The Bertz CT molecular complexity index is 1460. The Morgan fingerprint density at radius 3 is 2.53 bits per heavy atom. The monoisotopic (exact) mass is 474 g/mol. The summed E-state index contributed by atoms with van der Waals surface area (Å²) in [7, 11) is 0. The molecule has 2 amide bonds. The van der Waals surface area contributed by atoms with Crippen LogP contribution in [0.15, 0.2) is 53.3 Å². The highest BCUT2D eigenvalue weighted by Gasteiger charge is 2.43. The number of hydrogen-bond donors (Lipinski definition) is 1. The predicted molar refractivity (Wildman–Crippen MR) is 130 cm³/mol. The number of carbonyl (C=O) groups excluding carboxylic acids is 3. The molecule has 1 atom stereocenters. The molecule has 0 radical (unpaired) electrons. The molecule has 5 rings (SSSR count). The molecule has 1 unspecified atom stereocenters. The third kappa shape index (κ3) is 3.58. The second kappa shape index (κ2) is 8.49. The number of hydrogen-bond acceptors (Lipinski definition) is 6. The van der Waals surface area contributed by atoms with E-state index in [1.807, 2.05) is 31.2 Å². The number of aryl methyl sites for hydroxylation is 1. The topological polar surface area (TPSA) is 105 Å². The number of nitrogens with zero attached hydrogens (tertiary/aromatic N) is 3. The second-order valence-electron chi connectivity index (χ2n) is 8.29. The van der Waals surface area contributed by atoms with Crippen LogP contribution >= 0.6 is 11.3 Å². The fourth-order valence-corrected chi connectivity index (χ4v) is 5.29. The lowest BCUT2D eigenvalue weighted by Gasteiger charge is -2.15. The molecule has 9 heteroatoms. The molecule has 8 nitrogen and oxygen atoms in total. The van der Waals surface area contributed by atoms with Gasteiger partial charge in [0.1, 0.15) is 0 Å². The Kier molecular flexibility index (Phi) is 5.49. The van der Waals surface area contributed by atoms with Crippen LogP contribution in [0.3, 0.4) is 0 Å². The second-order valence-corrected chi connectivity index (χ2v) is 9.30. The number of imide groups is 1. The molecule has 172 valence electrons. The van der Waals surface area contributed by atoms with Gasteiger partial charge < -0.3 is 0 Å². The predicted octanol–water partition coefficient (Wildman–Crippen LogP) is 3.98. The third-order valence-electron chi connectivity index (χ3n) is 6.01. The van der Waals surface area contributed by atoms with E-state index in [9.17, 15) is 19.2 Å². The van der Waals surface area contributed by atoms with Crippen LogP contribution < -0.4 is 10.5 Å². The lowest BCUT2D eigenvalue weighted by Crippen LogP contribution is -2.31. The van der Waals surface area contributed by atoms with Crippen LogP contribution in [0, 0.1) is 0 Å². The van der Waals surface area contributed by atoms with E-state index in [0.29, 0.717) is 34.1 Å². The summed E-state index contributed by atoms with van der Waals surface area (Å²) in [5, 5.41) is 3.64. The van der Waals surface area contributed by atoms with Gasteiger partial charge in [-0.15, -0.1) is 0 Å². The molecule has 3 heterocycles. The zero-order valence-electron chi connectivity index (χ0n) is 18.7. The summed E-state index contributed by atoms with van der Waals surface area (Å²) in [5.41, 5.74) is 2.28. The minimum Gasteiger partial charge on any atom is -0.295 e. The van der Waals surface area contributed by atoms with Crippen LogP contribution in [0.1, 0.15) is 54.2 Å². The van der Waals surface area contributed by atoms with E-state index in [1.165, 1.54) is 22.9 Å². The summed E-state index contributed by atoms with van der Waals surface area (Å²) in [5.74, 6) is -1.79. The highest BCUT2D eigenvalue weighted by Crippen LogP contribution is 2.34. The molecule has 1 N–H and O–H groups in total. The summed E-state index contributed by atoms with van der Waals surface area (Å²) < 4.78 is 2.33. The van der Waals surface area contributed by atoms with Crippen molar-refractivity contribution in [2.45, 2.75) is 39.0 Å². The van der Waals surface area contributed by atoms with Crippen LogP contribution in [0.2, 0.25) is 0 Å². The van der Waals surface area contributed by atoms with Crippen molar-refractivity contribution in [3.63, 3.8) is 0 Å². The number of benzene rings is 2. The normalized spacial score (nSPS) is 16.1. The first-order valence-electron chi connectivity index (χ1n) is 11.1. The number of ketones is 1. The number of aromatic nitrogens is 3. The van der Waals surface area contributed by atoms with Gasteiger partial charge in [-0.1, -0.05) is 36.8 Å². The maximum Gasteiger partial charge on any atom is 0.277 e. The number of rotatable bonds is 6. The van der Waals surface area contributed by atoms with Gasteiger partial charge in [0.2, 0.25) is 16.9 Å². The smallest absolute Gasteiger partial charge is 0.277 e. The SMILES string of the molecule is CCCc1[nH]n(-c2nc3ccccc3s2)c(=O)c1C1CC(=O)N(c2ccc(C(C)=O)cc2)C1=O. The van der Waals surface area contributed by atoms with E-state index < -0.39 is 11.8 Å². The highest BCUT2D eigenvalue weighted by atomic mass is 32.1. The number of thiazole rings is 1. The van der Waals surface area contributed by atoms with Crippen LogP contribution in [0.4, 0.5) is 5.69 Å². The lowest BCUT2D eigenvalue weighted by atomic mass is 9.96. The molecular weight excluding hydrogens is 452 g/mol. The maximum absolute atomic E-state index is 13.5. The van der Waals surface area contributed by atoms with Crippen molar-refractivity contribution in [1.82, 2.24) is 14.8 Å². The standard InChI is InChI=1S/C25H22N4O4S/c1-3-6-19-22(24(33)29(27-19)25-26-18-7-4-5-8-20(18)34-25)17-13-21(31)28(23(17)32)16-11-9-15(10-12-16)14(2)30/h4-5,7-12,17,27H,3,6,13H2,1-2H3. The van der Waals surface area contributed by atoms with Crippen molar-refractivity contribution in [1.29, 1.82) is 0 Å². The number of carbonyl (C=O) groups is 3. The molecular formula is C25H22N4O4S. The van der Waals surface area contributed by atoms with E-state index in [0.717, 1.165) is 21.5 Å². The highest BCUT2D eigenvalue weighted by molar-refractivity contribution is 7.20. The molecule has 4 aromatic rings. The molecule has 0 bridgehead atoms. The van der Waals surface area contributed by atoms with E-state index in [-0.39, 0.29) is 23.7 Å². The molecule has 0 saturated carbocycles. The summed E-state index contributed by atoms with van der Waals surface area (Å²) in [4.78, 5) is 57.0. The first-order valence-corrected chi connectivity index (χ1v) is 11.9. The van der Waals surface area contributed by atoms with Crippen molar-refractivity contribution < 1.29 is 14.4 Å². The zero-order chi connectivity index (χ0) is 24.0. The number of Topliss-reactive ketones (excluding diaryl/α,β-unsaturated/α-hetero) is 1. The molecule has 1 saturated heterocycles. The Hall–Kier alpha value is -3.85. The number of nitrogens with one attached hydrogen (secondary N) is 1. The Morgan fingerprint density at radius 2 is 1.85 bits per heavy atom. The fraction of sp³-hybridized carbons (Fsp3) is 0.240. The zero-order valence-corrected chi connectivity index (χ0v) is 19.5. The van der Waals surface area contributed by atoms with Crippen molar-refractivity contribution in [3.05, 3.63) is 75.7 Å². The first-order chi connectivity index (χ1) is 16.4. The summed E-state index contributed by atoms with van der Waals surface area (Å²) in [6.45, 7) is 3.44. The molecule has 1 fully saturated rings. The molecule has 1 aliphatic heterocycles. The molecule has 2 aromatic carbocycles. The molecule has 34 heavy (non-hydrogen) atoms. The van der Waals surface area contributed by atoms with Gasteiger partial charge in [0.25, 0.3) is 5.56 Å². The summed E-state index contributed by atoms with van der Waals surface area (Å²) >= 11 is 1.38. The number of amides is 2. The van der Waals surface area contributed by atoms with Gasteiger partial charge in [0.15, 0.2) is 5.78 Å². The Labute approximate surface area is 198 Å². The van der Waals surface area contributed by atoms with Gasteiger partial charge in [-0.2, -0.15) is 4.68 Å². The van der Waals surface area contributed by atoms with Crippen molar-refractivity contribution in [2.24, 2.45) is 0 Å². The minimum absolute atomic E-state index is 0.0864. The lowest BCUT2D eigenvalue weighted by molar-refractivity contribution is -0.121. The number of fused-ring (bicyclic) bond motifs is 1. The van der Waals surface area contributed by atoms with Gasteiger partial charge in [-0.25, -0.2) is 4.98 Å². The van der Waals surface area contributed by atoms with E-state index >= 15 is 0 Å². The van der Waals surface area contributed by atoms with Crippen LogP contribution in [-0.4, -0.2) is 32.4 Å². The summed E-state index contributed by atoms with van der Waals surface area (Å²) in [6.07, 6.45) is 1.24. The average molecular weight is 475 g/mol.